The number of likely N-dealkylation sites (tertiary alicyclic amines) is 1. The lowest BCUT2D eigenvalue weighted by Crippen LogP contribution is -2.49. The number of alkyl halides is 6. The predicted molar refractivity (Wildman–Crippen MR) is 170 cm³/mol. The maximum absolute atomic E-state index is 13.1. The summed E-state index contributed by atoms with van der Waals surface area (Å²) < 4.78 is 69.7. The van der Waals surface area contributed by atoms with Gasteiger partial charge in [0.15, 0.2) is 0 Å². The molecule has 1 aliphatic rings. The van der Waals surface area contributed by atoms with Gasteiger partial charge in [0.2, 0.25) is 5.91 Å². The molecule has 11 nitrogen and oxygen atoms in total. The summed E-state index contributed by atoms with van der Waals surface area (Å²) in [6, 6.07) is 6.63. The van der Waals surface area contributed by atoms with E-state index in [0.717, 1.165) is 25.0 Å². The van der Waals surface area contributed by atoms with Gasteiger partial charge in [-0.2, -0.15) is 50.7 Å². The second kappa shape index (κ2) is 22.5. The van der Waals surface area contributed by atoms with Crippen LogP contribution in [-0.2, 0) is 25.6 Å². The molecular weight excluding hydrogens is 696 g/mol. The number of halogens is 6. The van der Waals surface area contributed by atoms with Crippen molar-refractivity contribution in [2.45, 2.75) is 75.6 Å². The van der Waals surface area contributed by atoms with Gasteiger partial charge in [-0.25, -0.2) is 14.4 Å². The van der Waals surface area contributed by atoms with Crippen LogP contribution < -0.4 is 15.8 Å². The molecule has 1 aromatic carbocycles. The minimum atomic E-state index is -5.08. The van der Waals surface area contributed by atoms with Gasteiger partial charge < -0.3 is 31.1 Å². The minimum absolute atomic E-state index is 0.153. The van der Waals surface area contributed by atoms with Crippen molar-refractivity contribution in [2.24, 2.45) is 5.73 Å². The zero-order chi connectivity index (χ0) is 37.1. The van der Waals surface area contributed by atoms with Crippen molar-refractivity contribution in [1.29, 1.82) is 0 Å². The zero-order valence-electron chi connectivity index (χ0n) is 26.2. The molecule has 1 aliphatic heterocycles. The zero-order valence-corrected chi connectivity index (χ0v) is 27.9. The van der Waals surface area contributed by atoms with Crippen LogP contribution >= 0.6 is 24.4 Å². The van der Waals surface area contributed by atoms with Crippen LogP contribution in [0.25, 0.3) is 0 Å². The fourth-order valence-corrected chi connectivity index (χ4v) is 4.52. The van der Waals surface area contributed by atoms with Crippen LogP contribution in [0, 0.1) is 0 Å². The van der Waals surface area contributed by atoms with Crippen LogP contribution in [0.4, 0.5) is 26.3 Å². The van der Waals surface area contributed by atoms with Crippen molar-refractivity contribution in [3.05, 3.63) is 42.0 Å². The Hall–Kier alpha value is -3.16. The maximum atomic E-state index is 13.1. The number of nitrogens with two attached hydrogens (primary N) is 1. The summed E-state index contributed by atoms with van der Waals surface area (Å²) in [5, 5.41) is 26.5. The summed E-state index contributed by atoms with van der Waals surface area (Å²) in [6.45, 7) is 3.27. The van der Waals surface area contributed by atoms with Crippen LogP contribution in [-0.4, -0.2) is 111 Å². The van der Waals surface area contributed by atoms with Gasteiger partial charge in [-0.3, -0.25) is 9.69 Å². The van der Waals surface area contributed by atoms with E-state index in [2.05, 4.69) is 37.0 Å². The number of hydrogen-bond acceptors (Lipinski definition) is 9. The lowest BCUT2D eigenvalue weighted by Gasteiger charge is -2.24. The molecule has 1 amide bonds. The van der Waals surface area contributed by atoms with Crippen molar-refractivity contribution in [3.8, 4) is 5.75 Å². The van der Waals surface area contributed by atoms with Crippen molar-refractivity contribution in [1.82, 2.24) is 10.2 Å². The molecule has 1 saturated heterocycles. The molecule has 0 saturated carbocycles. The van der Waals surface area contributed by atoms with Gasteiger partial charge in [0.1, 0.15) is 17.9 Å². The number of thioether (sulfide) groups is 1. The Kier molecular flexibility index (Phi) is 21.0. The number of carbonyl (C=O) groups excluding carboxylic acids is 1. The highest BCUT2D eigenvalue weighted by Gasteiger charge is 2.40. The molecule has 0 radical (unpaired) electrons. The first-order valence-electron chi connectivity index (χ1n) is 14.4. The van der Waals surface area contributed by atoms with Crippen LogP contribution in [0.15, 0.2) is 36.4 Å². The fourth-order valence-electron chi connectivity index (χ4n) is 3.92. The van der Waals surface area contributed by atoms with E-state index in [1.807, 2.05) is 35.4 Å². The maximum Gasteiger partial charge on any atom is 0.490 e. The molecule has 6 N–H and O–H groups in total. The number of benzene rings is 1. The topological polar surface area (TPSA) is 179 Å². The lowest BCUT2D eigenvalue weighted by atomic mass is 10.1. The SMILES string of the molecule is CCCCc1ccc(O[C@H]2C[C@@H](C(=O)N[C@@H](CCSC)C(=O)O)N(C/C=C/[C@@H](N)CS)C2)cc1.O=C(O)C(F)(F)F.O=C(O)C(F)(F)F. The predicted octanol–water partition coefficient (Wildman–Crippen LogP) is 4.25. The standard InChI is InChI=1S/C25H39N3O4S2.2C2HF3O2/c1-3-4-6-18-8-10-20(11-9-18)32-21-15-23(28(16-21)13-5-7-19(26)17-33)24(29)27-22(25(30)31)12-14-34-2;2*3-2(4,5)1(6)7/h5,7-11,19,21-23,33H,3-4,6,12-17,26H2,1-2H3,(H,27,29)(H,30,31);2*(H,6,7)/b7-5+;;/t19-,21+,22+,23+;;/m1../s1. The van der Waals surface area contributed by atoms with E-state index in [1.165, 1.54) is 5.56 Å². The Balaban J connectivity index is 0.00000131. The minimum Gasteiger partial charge on any atom is -0.489 e. The number of carbonyl (C=O) groups is 4. The van der Waals surface area contributed by atoms with E-state index in [-0.39, 0.29) is 18.1 Å². The Labute approximate surface area is 283 Å². The number of carboxylic acids is 3. The van der Waals surface area contributed by atoms with E-state index in [0.29, 0.717) is 37.4 Å². The van der Waals surface area contributed by atoms with Crippen molar-refractivity contribution < 1.29 is 65.6 Å². The third-order valence-corrected chi connectivity index (χ3v) is 7.42. The van der Waals surface area contributed by atoms with Gasteiger partial charge in [-0.1, -0.05) is 37.6 Å². The van der Waals surface area contributed by atoms with E-state index < -0.39 is 42.3 Å². The molecule has 0 unspecified atom stereocenters. The number of nitrogens with one attached hydrogen (secondary N) is 1. The summed E-state index contributed by atoms with van der Waals surface area (Å²) in [5.41, 5.74) is 7.20. The molecule has 4 atom stereocenters. The number of carboxylic acid groups (broad SMARTS) is 3. The molecule has 0 bridgehead atoms. The molecule has 274 valence electrons. The van der Waals surface area contributed by atoms with E-state index in [4.69, 9.17) is 30.3 Å². The Morgan fingerprint density at radius 1 is 1.08 bits per heavy atom. The summed E-state index contributed by atoms with van der Waals surface area (Å²) in [4.78, 5) is 44.5. The molecular formula is C29H41F6N3O8S2. The highest BCUT2D eigenvalue weighted by atomic mass is 32.2. The molecule has 2 rings (SSSR count). The average molecular weight is 738 g/mol. The first kappa shape index (κ1) is 44.8. The van der Waals surface area contributed by atoms with Crippen LogP contribution in [0.2, 0.25) is 0 Å². The molecule has 1 aromatic rings. The molecule has 0 spiro atoms. The number of ether oxygens (including phenoxy) is 1. The number of rotatable bonds is 15. The fraction of sp³-hybridized carbons (Fsp3) is 0.586. The number of aryl methyl sites for hydroxylation is 1. The van der Waals surface area contributed by atoms with E-state index in [9.17, 15) is 41.0 Å². The molecule has 0 aliphatic carbocycles. The second-order valence-corrected chi connectivity index (χ2v) is 11.6. The monoisotopic (exact) mass is 737 g/mol. The van der Waals surface area contributed by atoms with Gasteiger partial charge in [0.05, 0.1) is 6.04 Å². The highest BCUT2D eigenvalue weighted by Crippen LogP contribution is 2.24. The van der Waals surface area contributed by atoms with Gasteiger partial charge in [-0.05, 0) is 49.0 Å². The number of aliphatic carboxylic acids is 3. The number of thiol groups is 1. The smallest absolute Gasteiger partial charge is 0.489 e. The normalized spacial score (nSPS) is 17.7. The molecule has 19 heteroatoms. The second-order valence-electron chi connectivity index (χ2n) is 10.3. The Morgan fingerprint density at radius 2 is 1.62 bits per heavy atom. The number of nitrogens with zero attached hydrogens (tertiary/aromatic N) is 1. The summed E-state index contributed by atoms with van der Waals surface area (Å²) in [7, 11) is 0. The van der Waals surface area contributed by atoms with E-state index >= 15 is 0 Å². The summed E-state index contributed by atoms with van der Waals surface area (Å²) in [6.07, 6.45) is -0.351. The Morgan fingerprint density at radius 3 is 2.06 bits per heavy atom. The lowest BCUT2D eigenvalue weighted by molar-refractivity contribution is -0.193. The van der Waals surface area contributed by atoms with Crippen LogP contribution in [0.3, 0.4) is 0 Å². The third-order valence-electron chi connectivity index (χ3n) is 6.36. The summed E-state index contributed by atoms with van der Waals surface area (Å²) >= 11 is 5.76. The van der Waals surface area contributed by atoms with Gasteiger partial charge in [-0.15, -0.1) is 0 Å². The van der Waals surface area contributed by atoms with Crippen molar-refractivity contribution in [3.63, 3.8) is 0 Å². The average Bonchev–Trinajstić information content (AvgIpc) is 3.40. The number of amides is 1. The van der Waals surface area contributed by atoms with Gasteiger partial charge in [0, 0.05) is 31.3 Å². The molecule has 0 aromatic heterocycles. The number of hydrogen-bond donors (Lipinski definition) is 6. The first-order chi connectivity index (χ1) is 22.3. The Bertz CT molecular complexity index is 1150. The largest absolute Gasteiger partial charge is 0.490 e. The first-order valence-corrected chi connectivity index (χ1v) is 16.4. The van der Waals surface area contributed by atoms with Gasteiger partial charge in [0.25, 0.3) is 0 Å². The van der Waals surface area contributed by atoms with Crippen molar-refractivity contribution >= 4 is 48.2 Å². The summed E-state index contributed by atoms with van der Waals surface area (Å²) in [5.74, 6) is -4.82. The van der Waals surface area contributed by atoms with Crippen LogP contribution in [0.5, 0.6) is 5.75 Å². The van der Waals surface area contributed by atoms with Crippen LogP contribution in [0.1, 0.15) is 38.2 Å². The molecule has 48 heavy (non-hydrogen) atoms. The van der Waals surface area contributed by atoms with Gasteiger partial charge >= 0.3 is 30.3 Å². The molecule has 1 fully saturated rings. The number of unbranched alkanes of at least 4 members (excludes halogenated alkanes) is 1. The van der Waals surface area contributed by atoms with E-state index in [1.54, 1.807) is 11.8 Å². The quantitative estimate of drug-likeness (QED) is 0.0861. The molecule has 1 heterocycles. The highest BCUT2D eigenvalue weighted by molar-refractivity contribution is 7.98. The third kappa shape index (κ3) is 19.0. The van der Waals surface area contributed by atoms with Crippen molar-refractivity contribution in [2.75, 3.05) is 30.9 Å².